The molecule has 1 saturated heterocycles. The smallest absolute Gasteiger partial charge is 0.243 e. The number of aldehydes is 1. The molecule has 1 unspecified atom stereocenters. The maximum absolute atomic E-state index is 12.0. The Morgan fingerprint density at radius 3 is 2.32 bits per heavy atom. The van der Waals surface area contributed by atoms with Crippen LogP contribution in [0.3, 0.4) is 0 Å². The van der Waals surface area contributed by atoms with Crippen molar-refractivity contribution in [1.82, 2.24) is 15.5 Å². The van der Waals surface area contributed by atoms with E-state index in [2.05, 4.69) is 10.6 Å². The van der Waals surface area contributed by atoms with Gasteiger partial charge in [-0.25, -0.2) is 0 Å². The third-order valence-electron chi connectivity index (χ3n) is 4.07. The Hall–Kier alpha value is -2.25. The van der Waals surface area contributed by atoms with Crippen molar-refractivity contribution in [2.45, 2.75) is 58.4 Å². The van der Waals surface area contributed by atoms with Gasteiger partial charge in [0.2, 0.25) is 23.6 Å². The van der Waals surface area contributed by atoms with E-state index in [0.717, 1.165) is 0 Å². The van der Waals surface area contributed by atoms with Gasteiger partial charge in [0, 0.05) is 25.8 Å². The van der Waals surface area contributed by atoms with E-state index in [1.54, 1.807) is 0 Å². The molecular weight excluding hydrogens is 326 g/mol. The van der Waals surface area contributed by atoms with Gasteiger partial charge in [-0.1, -0.05) is 20.3 Å². The molecule has 4 amide bonds. The molecule has 8 nitrogen and oxygen atoms in total. The normalized spacial score (nSPS) is 15.4. The Labute approximate surface area is 147 Å². The lowest BCUT2D eigenvalue weighted by Gasteiger charge is -2.21. The lowest BCUT2D eigenvalue weighted by atomic mass is 10.0. The Morgan fingerprint density at radius 2 is 1.76 bits per heavy atom. The van der Waals surface area contributed by atoms with Crippen molar-refractivity contribution in [2.75, 3.05) is 13.1 Å². The SMILES string of the molecule is CC(C)C(NC(=O)CCCCCN1C(=O)CCC1=O)C(=O)NCC=O. The second-order valence-corrected chi connectivity index (χ2v) is 6.45. The standard InChI is InChI=1S/C17H27N3O5/c1-12(2)16(17(25)18-9-11-21)19-13(22)6-4-3-5-10-20-14(23)7-8-15(20)24/h11-12,16H,3-10H2,1-2H3,(H,18,25)(H,19,22). The third-order valence-corrected chi connectivity index (χ3v) is 4.07. The van der Waals surface area contributed by atoms with Crippen molar-refractivity contribution >= 4 is 29.9 Å². The molecule has 1 fully saturated rings. The Balaban J connectivity index is 2.26. The molecule has 0 saturated carbocycles. The molecular formula is C17H27N3O5. The second kappa shape index (κ2) is 10.6. The van der Waals surface area contributed by atoms with Crippen LogP contribution >= 0.6 is 0 Å². The van der Waals surface area contributed by atoms with Gasteiger partial charge in [0.1, 0.15) is 12.3 Å². The summed E-state index contributed by atoms with van der Waals surface area (Å²) in [5.74, 6) is -0.940. The number of likely N-dealkylation sites (tertiary alicyclic amines) is 1. The van der Waals surface area contributed by atoms with Gasteiger partial charge in [-0.3, -0.25) is 24.1 Å². The largest absolute Gasteiger partial charge is 0.348 e. The Kier molecular flexibility index (Phi) is 8.80. The van der Waals surface area contributed by atoms with E-state index in [1.807, 2.05) is 13.8 Å². The number of nitrogens with zero attached hydrogens (tertiary/aromatic N) is 1. The topological polar surface area (TPSA) is 113 Å². The van der Waals surface area contributed by atoms with Crippen molar-refractivity contribution in [3.63, 3.8) is 0 Å². The van der Waals surface area contributed by atoms with Gasteiger partial charge in [0.05, 0.1) is 6.54 Å². The average molecular weight is 353 g/mol. The summed E-state index contributed by atoms with van der Waals surface area (Å²) in [5, 5.41) is 5.13. The first kappa shape index (κ1) is 20.8. The zero-order chi connectivity index (χ0) is 18.8. The number of hydrogen-bond donors (Lipinski definition) is 2. The minimum atomic E-state index is -0.674. The van der Waals surface area contributed by atoms with Gasteiger partial charge in [-0.15, -0.1) is 0 Å². The molecule has 8 heteroatoms. The number of imide groups is 1. The maximum atomic E-state index is 12.0. The van der Waals surface area contributed by atoms with E-state index < -0.39 is 6.04 Å². The highest BCUT2D eigenvalue weighted by atomic mass is 16.2. The van der Waals surface area contributed by atoms with E-state index in [-0.39, 0.29) is 42.5 Å². The predicted octanol–water partition coefficient (Wildman–Crippen LogP) is 0.152. The van der Waals surface area contributed by atoms with Crippen molar-refractivity contribution < 1.29 is 24.0 Å². The summed E-state index contributed by atoms with van der Waals surface area (Å²) in [6.45, 7) is 3.96. The molecule has 1 aliphatic heterocycles. The number of carbonyl (C=O) groups is 5. The van der Waals surface area contributed by atoms with Crippen LogP contribution < -0.4 is 10.6 Å². The van der Waals surface area contributed by atoms with Crippen LogP contribution in [-0.4, -0.2) is 53.9 Å². The van der Waals surface area contributed by atoms with Crippen LogP contribution in [0.1, 0.15) is 52.4 Å². The van der Waals surface area contributed by atoms with Crippen LogP contribution in [0.5, 0.6) is 0 Å². The Bertz CT molecular complexity index is 502. The number of amides is 4. The lowest BCUT2D eigenvalue weighted by Crippen LogP contribution is -2.50. The van der Waals surface area contributed by atoms with Crippen LogP contribution in [0.15, 0.2) is 0 Å². The van der Waals surface area contributed by atoms with E-state index in [9.17, 15) is 24.0 Å². The van der Waals surface area contributed by atoms with E-state index in [1.165, 1.54) is 4.90 Å². The van der Waals surface area contributed by atoms with Gasteiger partial charge in [0.25, 0.3) is 0 Å². The molecule has 1 atom stereocenters. The van der Waals surface area contributed by atoms with Crippen LogP contribution in [0.2, 0.25) is 0 Å². The predicted molar refractivity (Wildman–Crippen MR) is 90.3 cm³/mol. The summed E-state index contributed by atoms with van der Waals surface area (Å²) in [5.41, 5.74) is 0. The number of unbranched alkanes of at least 4 members (excludes halogenated alkanes) is 2. The van der Waals surface area contributed by atoms with Crippen molar-refractivity contribution in [3.8, 4) is 0 Å². The van der Waals surface area contributed by atoms with Gasteiger partial charge < -0.3 is 15.4 Å². The first-order valence-electron chi connectivity index (χ1n) is 8.70. The van der Waals surface area contributed by atoms with E-state index in [4.69, 9.17) is 0 Å². The molecule has 0 spiro atoms. The fourth-order valence-corrected chi connectivity index (χ4v) is 2.64. The average Bonchev–Trinajstić information content (AvgIpc) is 2.88. The molecule has 0 bridgehead atoms. The lowest BCUT2D eigenvalue weighted by molar-refractivity contribution is -0.138. The van der Waals surface area contributed by atoms with Crippen molar-refractivity contribution in [2.24, 2.45) is 5.92 Å². The molecule has 1 rings (SSSR count). The second-order valence-electron chi connectivity index (χ2n) is 6.45. The highest BCUT2D eigenvalue weighted by Crippen LogP contribution is 2.13. The quantitative estimate of drug-likeness (QED) is 0.312. The van der Waals surface area contributed by atoms with E-state index >= 15 is 0 Å². The summed E-state index contributed by atoms with van der Waals surface area (Å²) in [6, 6.07) is -0.674. The zero-order valence-electron chi connectivity index (χ0n) is 14.9. The molecule has 1 heterocycles. The summed E-state index contributed by atoms with van der Waals surface area (Å²) in [4.78, 5) is 58.4. The number of rotatable bonds is 11. The molecule has 0 aromatic carbocycles. The van der Waals surface area contributed by atoms with Gasteiger partial charge in [-0.05, 0) is 18.8 Å². The monoisotopic (exact) mass is 353 g/mol. The highest BCUT2D eigenvalue weighted by Gasteiger charge is 2.28. The maximum Gasteiger partial charge on any atom is 0.243 e. The minimum absolute atomic E-state index is 0.0775. The number of hydrogen-bond acceptors (Lipinski definition) is 5. The van der Waals surface area contributed by atoms with Gasteiger partial charge in [-0.2, -0.15) is 0 Å². The molecule has 0 aromatic heterocycles. The summed E-state index contributed by atoms with van der Waals surface area (Å²) >= 11 is 0. The fourth-order valence-electron chi connectivity index (χ4n) is 2.64. The van der Waals surface area contributed by atoms with Crippen LogP contribution in [-0.2, 0) is 24.0 Å². The molecule has 25 heavy (non-hydrogen) atoms. The van der Waals surface area contributed by atoms with Crippen LogP contribution in [0, 0.1) is 5.92 Å². The summed E-state index contributed by atoms with van der Waals surface area (Å²) in [7, 11) is 0. The van der Waals surface area contributed by atoms with Crippen LogP contribution in [0.4, 0.5) is 0 Å². The molecule has 0 aliphatic carbocycles. The molecule has 2 N–H and O–H groups in total. The number of carbonyl (C=O) groups excluding carboxylic acids is 5. The Morgan fingerprint density at radius 1 is 1.12 bits per heavy atom. The molecule has 0 aromatic rings. The first-order valence-corrected chi connectivity index (χ1v) is 8.70. The van der Waals surface area contributed by atoms with E-state index in [0.29, 0.717) is 44.9 Å². The molecule has 1 aliphatic rings. The zero-order valence-corrected chi connectivity index (χ0v) is 14.9. The summed E-state index contributed by atoms with van der Waals surface area (Å²) in [6.07, 6.45) is 3.45. The van der Waals surface area contributed by atoms with Gasteiger partial charge >= 0.3 is 0 Å². The third kappa shape index (κ3) is 7.03. The van der Waals surface area contributed by atoms with Crippen molar-refractivity contribution in [1.29, 1.82) is 0 Å². The number of nitrogens with one attached hydrogen (secondary N) is 2. The first-order chi connectivity index (χ1) is 11.9. The summed E-state index contributed by atoms with van der Waals surface area (Å²) < 4.78 is 0. The highest BCUT2D eigenvalue weighted by molar-refractivity contribution is 6.01. The minimum Gasteiger partial charge on any atom is -0.348 e. The van der Waals surface area contributed by atoms with Crippen LogP contribution in [0.25, 0.3) is 0 Å². The van der Waals surface area contributed by atoms with Crippen molar-refractivity contribution in [3.05, 3.63) is 0 Å². The fraction of sp³-hybridized carbons (Fsp3) is 0.706. The van der Waals surface area contributed by atoms with Gasteiger partial charge in [0.15, 0.2) is 0 Å². The molecule has 140 valence electrons. The molecule has 0 radical (unpaired) electrons.